The maximum atomic E-state index is 11.8. The summed E-state index contributed by atoms with van der Waals surface area (Å²) in [5, 5.41) is 0.00570. The fourth-order valence-electron chi connectivity index (χ4n) is 2.34. The Morgan fingerprint density at radius 2 is 2.04 bits per heavy atom. The Kier molecular flexibility index (Phi) is 6.24. The van der Waals surface area contributed by atoms with Crippen LogP contribution in [0.4, 0.5) is 5.69 Å². The molecule has 0 N–H and O–H groups in total. The number of hydrogen-bond acceptors (Lipinski definition) is 6. The second-order valence-corrected chi connectivity index (χ2v) is 6.27. The molecule has 1 atom stereocenters. The summed E-state index contributed by atoms with van der Waals surface area (Å²) in [5.74, 6) is 0.896. The van der Waals surface area contributed by atoms with Crippen LogP contribution in [0.2, 0.25) is 0 Å². The first-order chi connectivity index (χ1) is 11.1. The third-order valence-electron chi connectivity index (χ3n) is 3.58. The molecule has 0 amide bonds. The van der Waals surface area contributed by atoms with Gasteiger partial charge < -0.3 is 14.4 Å². The van der Waals surface area contributed by atoms with Crippen molar-refractivity contribution < 1.29 is 14.3 Å². The third-order valence-corrected chi connectivity index (χ3v) is 5.02. The van der Waals surface area contributed by atoms with Gasteiger partial charge in [0, 0.05) is 25.6 Å². The van der Waals surface area contributed by atoms with Crippen molar-refractivity contribution in [3.05, 3.63) is 34.9 Å². The molecule has 1 aromatic carbocycles. The summed E-state index contributed by atoms with van der Waals surface area (Å²) in [4.78, 5) is 19.2. The van der Waals surface area contributed by atoms with Crippen LogP contribution in [0.15, 0.2) is 39.9 Å². The summed E-state index contributed by atoms with van der Waals surface area (Å²) in [5.41, 5.74) is 1.85. The molecule has 1 aliphatic rings. The Balaban J connectivity index is 2.13. The van der Waals surface area contributed by atoms with E-state index in [9.17, 15) is 4.79 Å². The zero-order chi connectivity index (χ0) is 16.8. The predicted octanol–water partition coefficient (Wildman–Crippen LogP) is 3.24. The van der Waals surface area contributed by atoms with Gasteiger partial charge in [0.1, 0.15) is 11.1 Å². The minimum atomic E-state index is 0.00570. The number of carbonyl (C=O) groups is 1. The van der Waals surface area contributed by atoms with Crippen LogP contribution in [0.5, 0.6) is 5.75 Å². The zero-order valence-electron chi connectivity index (χ0n) is 13.9. The third kappa shape index (κ3) is 4.36. The Labute approximate surface area is 141 Å². The van der Waals surface area contributed by atoms with Crippen molar-refractivity contribution in [3.63, 3.8) is 0 Å². The van der Waals surface area contributed by atoms with Crippen LogP contribution < -0.4 is 4.74 Å². The van der Waals surface area contributed by atoms with Crippen LogP contribution in [-0.2, 0) is 9.53 Å². The van der Waals surface area contributed by atoms with E-state index < -0.39 is 0 Å². The Bertz CT molecular complexity index is 611. The normalized spacial score (nSPS) is 18.1. The summed E-state index contributed by atoms with van der Waals surface area (Å²) in [6.07, 6.45) is 1.88. The summed E-state index contributed by atoms with van der Waals surface area (Å²) in [7, 11) is 3.31. The average molecular weight is 334 g/mol. The topological polar surface area (TPSA) is 51.1 Å². The Morgan fingerprint density at radius 3 is 2.61 bits per heavy atom. The maximum absolute atomic E-state index is 11.8. The van der Waals surface area contributed by atoms with Gasteiger partial charge in [-0.2, -0.15) is 0 Å². The number of aliphatic imine (C=N–C) groups is 1. The molecule has 0 aromatic heterocycles. The molecule has 23 heavy (non-hydrogen) atoms. The van der Waals surface area contributed by atoms with E-state index >= 15 is 0 Å². The predicted molar refractivity (Wildman–Crippen MR) is 94.5 cm³/mol. The average Bonchev–Trinajstić information content (AvgIpc) is 2.87. The zero-order valence-corrected chi connectivity index (χ0v) is 14.7. The Morgan fingerprint density at radius 1 is 1.35 bits per heavy atom. The van der Waals surface area contributed by atoms with Gasteiger partial charge in [-0.1, -0.05) is 11.8 Å². The van der Waals surface area contributed by atoms with Gasteiger partial charge in [0.2, 0.25) is 0 Å². The van der Waals surface area contributed by atoms with Crippen LogP contribution >= 0.6 is 11.8 Å². The minimum absolute atomic E-state index is 0.00570. The highest BCUT2D eigenvalue weighted by atomic mass is 32.2. The molecule has 0 aliphatic carbocycles. The van der Waals surface area contributed by atoms with Gasteiger partial charge in [-0.25, -0.2) is 0 Å². The van der Waals surface area contributed by atoms with Gasteiger partial charge in [0.05, 0.1) is 24.3 Å². The number of thioether (sulfide) groups is 1. The molecule has 5 nitrogen and oxygen atoms in total. The van der Waals surface area contributed by atoms with E-state index in [0.717, 1.165) is 28.6 Å². The van der Waals surface area contributed by atoms with E-state index in [1.165, 1.54) is 11.8 Å². The Hall–Kier alpha value is -1.79. The fraction of sp³-hybridized carbons (Fsp3) is 0.412. The van der Waals surface area contributed by atoms with Crippen LogP contribution in [0.3, 0.4) is 0 Å². The van der Waals surface area contributed by atoms with Crippen molar-refractivity contribution in [2.75, 3.05) is 27.4 Å². The lowest BCUT2D eigenvalue weighted by molar-refractivity contribution is -0.113. The lowest BCUT2D eigenvalue weighted by atomic mass is 10.3. The van der Waals surface area contributed by atoms with E-state index in [-0.39, 0.29) is 11.2 Å². The molecule has 1 aromatic rings. The van der Waals surface area contributed by atoms with Gasteiger partial charge in [-0.3, -0.25) is 9.79 Å². The first kappa shape index (κ1) is 17.6. The van der Waals surface area contributed by atoms with E-state index in [2.05, 4.69) is 9.89 Å². The quantitative estimate of drug-likeness (QED) is 0.717. The molecule has 0 radical (unpaired) electrons. The lowest BCUT2D eigenvalue weighted by Gasteiger charge is -2.24. The number of ether oxygens (including phenoxy) is 2. The van der Waals surface area contributed by atoms with Crippen molar-refractivity contribution in [3.8, 4) is 5.75 Å². The highest BCUT2D eigenvalue weighted by molar-refractivity contribution is 8.05. The van der Waals surface area contributed by atoms with Gasteiger partial charge in [0.15, 0.2) is 5.78 Å². The van der Waals surface area contributed by atoms with Gasteiger partial charge in [0.25, 0.3) is 0 Å². The lowest BCUT2D eigenvalue weighted by Crippen LogP contribution is -2.31. The molecule has 2 rings (SSSR count). The molecule has 0 fully saturated rings. The maximum Gasteiger partial charge on any atom is 0.167 e. The van der Waals surface area contributed by atoms with Crippen molar-refractivity contribution in [1.29, 1.82) is 0 Å². The SMILES string of the molecule is COCCN1C(C)=C(C(C)=O)SC1/C=N/c1ccc(OC)cc1. The molecule has 1 heterocycles. The monoisotopic (exact) mass is 334 g/mol. The number of hydrogen-bond donors (Lipinski definition) is 0. The smallest absolute Gasteiger partial charge is 0.167 e. The van der Waals surface area contributed by atoms with Crippen molar-refractivity contribution >= 4 is 29.4 Å². The summed E-state index contributed by atoms with van der Waals surface area (Å²) in [6, 6.07) is 7.56. The number of ketones is 1. The molecule has 0 bridgehead atoms. The number of methoxy groups -OCH3 is 2. The van der Waals surface area contributed by atoms with Crippen LogP contribution in [0.25, 0.3) is 0 Å². The summed E-state index contributed by atoms with van der Waals surface area (Å²) < 4.78 is 10.3. The van der Waals surface area contributed by atoms with Crippen molar-refractivity contribution in [1.82, 2.24) is 4.90 Å². The van der Waals surface area contributed by atoms with E-state index in [0.29, 0.717) is 6.61 Å². The van der Waals surface area contributed by atoms with Crippen molar-refractivity contribution in [2.24, 2.45) is 4.99 Å². The number of rotatable bonds is 7. The number of carbonyl (C=O) groups excluding carboxylic acids is 1. The van der Waals surface area contributed by atoms with Crippen LogP contribution in [0.1, 0.15) is 13.8 Å². The first-order valence-corrected chi connectivity index (χ1v) is 8.27. The molecular weight excluding hydrogens is 312 g/mol. The largest absolute Gasteiger partial charge is 0.497 e. The highest BCUT2D eigenvalue weighted by Crippen LogP contribution is 2.37. The molecule has 6 heteroatoms. The van der Waals surface area contributed by atoms with Gasteiger partial charge in [-0.15, -0.1) is 0 Å². The molecule has 1 aliphatic heterocycles. The molecule has 0 spiro atoms. The van der Waals surface area contributed by atoms with Gasteiger partial charge in [-0.05, 0) is 38.1 Å². The number of allylic oxidation sites excluding steroid dienone is 2. The second-order valence-electron chi connectivity index (χ2n) is 5.14. The first-order valence-electron chi connectivity index (χ1n) is 7.39. The molecule has 124 valence electrons. The van der Waals surface area contributed by atoms with Crippen LogP contribution in [0, 0.1) is 0 Å². The highest BCUT2D eigenvalue weighted by Gasteiger charge is 2.30. The molecule has 0 saturated carbocycles. The van der Waals surface area contributed by atoms with E-state index in [1.54, 1.807) is 21.1 Å². The number of nitrogens with zero attached hydrogens (tertiary/aromatic N) is 2. The molecule has 1 unspecified atom stereocenters. The molecular formula is C17H22N2O3S. The summed E-state index contributed by atoms with van der Waals surface area (Å²) >= 11 is 1.54. The molecule has 0 saturated heterocycles. The van der Waals surface area contributed by atoms with E-state index in [4.69, 9.17) is 9.47 Å². The summed E-state index contributed by atoms with van der Waals surface area (Å²) in [6.45, 7) is 4.91. The number of Topliss-reactive ketones (excluding diaryl/α,β-unsaturated/α-hetero) is 1. The van der Waals surface area contributed by atoms with Gasteiger partial charge >= 0.3 is 0 Å². The van der Waals surface area contributed by atoms with E-state index in [1.807, 2.05) is 37.4 Å². The standard InChI is InChI=1S/C17H22N2O3S/c1-12-17(13(2)20)23-16(19(12)9-10-21-3)11-18-14-5-7-15(22-4)8-6-14/h5-8,11,16H,9-10H2,1-4H3/b18-11+. The fourth-order valence-corrected chi connectivity index (χ4v) is 3.55. The van der Waals surface area contributed by atoms with Crippen molar-refractivity contribution in [2.45, 2.75) is 19.2 Å². The van der Waals surface area contributed by atoms with Crippen LogP contribution in [-0.4, -0.2) is 49.6 Å². The minimum Gasteiger partial charge on any atom is -0.497 e. The second kappa shape index (κ2) is 8.17. The number of benzene rings is 1.